The predicted molar refractivity (Wildman–Crippen MR) is 163 cm³/mol. The number of hydrogen-bond acceptors (Lipinski definition) is 4. The summed E-state index contributed by atoms with van der Waals surface area (Å²) in [6.07, 6.45) is -0.966. The number of anilines is 1. The molecule has 1 amide bonds. The molecule has 0 spiro atoms. The van der Waals surface area contributed by atoms with Gasteiger partial charge < -0.3 is 14.4 Å². The molecule has 0 saturated carbocycles. The third-order valence-electron chi connectivity index (χ3n) is 6.18. The molecule has 0 atom stereocenters. The average molecular weight is 569 g/mol. The van der Waals surface area contributed by atoms with Crippen LogP contribution in [0.25, 0.3) is 0 Å². The van der Waals surface area contributed by atoms with Crippen LogP contribution in [0.2, 0.25) is 18.1 Å². The normalized spacial score (nSPS) is 11.9. The van der Waals surface area contributed by atoms with Crippen molar-refractivity contribution in [1.29, 1.82) is 0 Å². The van der Waals surface area contributed by atoms with Crippen molar-refractivity contribution in [3.05, 3.63) is 88.4 Å². The van der Waals surface area contributed by atoms with E-state index in [1.54, 1.807) is 6.07 Å². The molecule has 0 aliphatic carbocycles. The highest BCUT2D eigenvalue weighted by atomic mass is 35.5. The predicted octanol–water partition coefficient (Wildman–Crippen LogP) is 8.63. The Morgan fingerprint density at radius 2 is 1.56 bits per heavy atom. The molecular formula is C31H41ClN2O4Si. The Morgan fingerprint density at radius 3 is 2.13 bits per heavy atom. The maximum absolute atomic E-state index is 11.9. The van der Waals surface area contributed by atoms with Crippen LogP contribution < -0.4 is 9.80 Å². The molecule has 0 heterocycles. The smallest absolute Gasteiger partial charge is 0.408 e. The van der Waals surface area contributed by atoms with Gasteiger partial charge in [-0.3, -0.25) is 9.96 Å². The Hall–Kier alpha value is -3.00. The Labute approximate surface area is 239 Å². The molecule has 210 valence electrons. The van der Waals surface area contributed by atoms with Gasteiger partial charge in [0.05, 0.1) is 6.54 Å². The standard InChI is InChI=1S/C31H41ClN2O4Si/c1-30(2,3)24-14-12-22(13-15-24)21-34(38-39(7)8)27-17-16-25(32)19-28(27)37-26-11-9-10-23(18-26)20-33(29(35)36)31(4,5)6/h9-19,39H,20-21H2,1-8H3,(H,35,36). The molecule has 39 heavy (non-hydrogen) atoms. The summed E-state index contributed by atoms with van der Waals surface area (Å²) in [5, 5.41) is 12.2. The summed E-state index contributed by atoms with van der Waals surface area (Å²) in [7, 11) is -1.47. The van der Waals surface area contributed by atoms with Gasteiger partial charge in [-0.05, 0) is 80.2 Å². The number of halogens is 1. The summed E-state index contributed by atoms with van der Waals surface area (Å²) < 4.78 is 12.7. The SMILES string of the molecule is C[SiH](C)ON(Cc1ccc(C(C)(C)C)cc1)c1ccc(Cl)cc1Oc1cccc(CN(C(=O)O)C(C)(C)C)c1. The third kappa shape index (κ3) is 8.75. The highest BCUT2D eigenvalue weighted by Gasteiger charge is 2.26. The zero-order valence-corrected chi connectivity index (χ0v) is 26.2. The van der Waals surface area contributed by atoms with Crippen LogP contribution in [-0.4, -0.2) is 30.7 Å². The molecule has 0 fully saturated rings. The second kappa shape index (κ2) is 12.5. The van der Waals surface area contributed by atoms with Gasteiger partial charge in [-0.25, -0.2) is 4.79 Å². The van der Waals surface area contributed by atoms with E-state index in [0.29, 0.717) is 23.1 Å². The maximum Gasteiger partial charge on any atom is 0.408 e. The van der Waals surface area contributed by atoms with Crippen LogP contribution in [0.4, 0.5) is 10.5 Å². The van der Waals surface area contributed by atoms with E-state index < -0.39 is 20.7 Å². The second-order valence-electron chi connectivity index (χ2n) is 12.0. The molecule has 3 aromatic carbocycles. The Kier molecular flexibility index (Phi) is 9.75. The zero-order valence-electron chi connectivity index (χ0n) is 24.3. The highest BCUT2D eigenvalue weighted by Crippen LogP contribution is 2.37. The van der Waals surface area contributed by atoms with E-state index in [2.05, 4.69) is 58.1 Å². The van der Waals surface area contributed by atoms with Gasteiger partial charge in [0.2, 0.25) is 9.04 Å². The number of nitrogens with zero attached hydrogens (tertiary/aromatic N) is 2. The van der Waals surface area contributed by atoms with Crippen LogP contribution in [0.1, 0.15) is 58.2 Å². The largest absolute Gasteiger partial charge is 0.465 e. The lowest BCUT2D eigenvalue weighted by Crippen LogP contribution is -2.44. The van der Waals surface area contributed by atoms with Gasteiger partial charge in [0.15, 0.2) is 5.75 Å². The fourth-order valence-corrected chi connectivity index (χ4v) is 4.95. The summed E-state index contributed by atoms with van der Waals surface area (Å²) in [6.45, 7) is 17.3. The zero-order chi connectivity index (χ0) is 29.0. The average Bonchev–Trinajstić information content (AvgIpc) is 2.81. The molecule has 0 aromatic heterocycles. The summed E-state index contributed by atoms with van der Waals surface area (Å²) in [5.74, 6) is 1.15. The van der Waals surface area contributed by atoms with E-state index in [4.69, 9.17) is 20.9 Å². The van der Waals surface area contributed by atoms with Crippen LogP contribution in [0.3, 0.4) is 0 Å². The van der Waals surface area contributed by atoms with Crippen molar-refractivity contribution in [3.8, 4) is 11.5 Å². The van der Waals surface area contributed by atoms with Crippen LogP contribution in [0.15, 0.2) is 66.7 Å². The number of carboxylic acid groups (broad SMARTS) is 1. The molecule has 0 bridgehead atoms. The molecule has 6 nitrogen and oxygen atoms in total. The van der Waals surface area contributed by atoms with Gasteiger partial charge in [0.25, 0.3) is 0 Å². The van der Waals surface area contributed by atoms with Gasteiger partial charge in [0.1, 0.15) is 11.4 Å². The van der Waals surface area contributed by atoms with E-state index >= 15 is 0 Å². The van der Waals surface area contributed by atoms with Gasteiger partial charge in [0, 0.05) is 23.2 Å². The molecule has 3 rings (SSSR count). The number of hydroxylamine groups is 1. The van der Waals surface area contributed by atoms with Crippen LogP contribution in [-0.2, 0) is 23.0 Å². The first-order valence-electron chi connectivity index (χ1n) is 13.2. The van der Waals surface area contributed by atoms with Crippen molar-refractivity contribution in [2.75, 3.05) is 5.06 Å². The highest BCUT2D eigenvalue weighted by molar-refractivity contribution is 6.48. The fraction of sp³-hybridized carbons (Fsp3) is 0.387. The van der Waals surface area contributed by atoms with E-state index in [1.165, 1.54) is 10.5 Å². The van der Waals surface area contributed by atoms with Crippen LogP contribution in [0, 0.1) is 0 Å². The maximum atomic E-state index is 11.9. The Morgan fingerprint density at radius 1 is 0.897 bits per heavy atom. The Balaban J connectivity index is 1.92. The lowest BCUT2D eigenvalue weighted by molar-refractivity contribution is 0.0955. The van der Waals surface area contributed by atoms with E-state index in [1.807, 2.05) is 62.2 Å². The van der Waals surface area contributed by atoms with Gasteiger partial charge in [-0.2, -0.15) is 0 Å². The first-order chi connectivity index (χ1) is 18.1. The monoisotopic (exact) mass is 568 g/mol. The minimum atomic E-state index is -1.47. The lowest BCUT2D eigenvalue weighted by Gasteiger charge is -2.33. The number of ether oxygens (including phenoxy) is 1. The number of benzene rings is 3. The number of carbonyl (C=O) groups is 1. The van der Waals surface area contributed by atoms with E-state index in [-0.39, 0.29) is 12.0 Å². The van der Waals surface area contributed by atoms with Crippen LogP contribution in [0.5, 0.6) is 11.5 Å². The summed E-state index contributed by atoms with van der Waals surface area (Å²) in [4.78, 5) is 13.3. The number of hydrogen-bond donors (Lipinski definition) is 1. The minimum Gasteiger partial charge on any atom is -0.465 e. The fourth-order valence-electron chi connectivity index (χ4n) is 4.09. The Bertz CT molecular complexity index is 1270. The minimum absolute atomic E-state index is 0.0830. The van der Waals surface area contributed by atoms with Crippen molar-refractivity contribution < 1.29 is 19.2 Å². The first-order valence-corrected chi connectivity index (χ1v) is 16.4. The molecule has 0 unspecified atom stereocenters. The molecule has 0 aliphatic rings. The number of rotatable bonds is 9. The number of amides is 1. The molecule has 0 radical (unpaired) electrons. The van der Waals surface area contributed by atoms with Crippen LogP contribution >= 0.6 is 11.6 Å². The lowest BCUT2D eigenvalue weighted by atomic mass is 9.87. The second-order valence-corrected chi connectivity index (χ2v) is 14.8. The van der Waals surface area contributed by atoms with E-state index in [9.17, 15) is 9.90 Å². The quantitative estimate of drug-likeness (QED) is 0.207. The van der Waals surface area contributed by atoms with Crippen molar-refractivity contribution in [3.63, 3.8) is 0 Å². The van der Waals surface area contributed by atoms with Gasteiger partial charge >= 0.3 is 6.09 Å². The third-order valence-corrected chi connectivity index (χ3v) is 7.09. The molecule has 0 saturated heterocycles. The molecular weight excluding hydrogens is 528 g/mol. The molecule has 1 N–H and O–H groups in total. The summed E-state index contributed by atoms with van der Waals surface area (Å²) in [6, 6.07) is 21.6. The van der Waals surface area contributed by atoms with Crippen molar-refractivity contribution in [2.45, 2.75) is 78.7 Å². The van der Waals surface area contributed by atoms with E-state index in [0.717, 1.165) is 16.8 Å². The van der Waals surface area contributed by atoms with Gasteiger partial charge in [-0.15, -0.1) is 0 Å². The topological polar surface area (TPSA) is 62.2 Å². The molecule has 3 aromatic rings. The molecule has 8 heteroatoms. The van der Waals surface area contributed by atoms with Crippen molar-refractivity contribution >= 4 is 32.4 Å². The summed E-state index contributed by atoms with van der Waals surface area (Å²) >= 11 is 6.40. The summed E-state index contributed by atoms with van der Waals surface area (Å²) in [5.41, 5.74) is 3.55. The first kappa shape index (κ1) is 30.5. The van der Waals surface area contributed by atoms with Crippen molar-refractivity contribution in [1.82, 2.24) is 4.90 Å². The van der Waals surface area contributed by atoms with Gasteiger partial charge in [-0.1, -0.05) is 68.8 Å². The van der Waals surface area contributed by atoms with Crippen molar-refractivity contribution in [2.24, 2.45) is 0 Å². The molecule has 0 aliphatic heterocycles.